The van der Waals surface area contributed by atoms with E-state index in [2.05, 4.69) is 5.32 Å². The molecule has 1 aliphatic heterocycles. The second-order valence-electron chi connectivity index (χ2n) is 6.99. The Morgan fingerprint density at radius 1 is 1.19 bits per heavy atom. The number of carbonyl (C=O) groups is 1. The van der Waals surface area contributed by atoms with E-state index in [-0.39, 0.29) is 17.8 Å². The molecule has 1 saturated heterocycles. The lowest BCUT2D eigenvalue weighted by Crippen LogP contribution is -2.39. The van der Waals surface area contributed by atoms with Crippen molar-refractivity contribution in [3.05, 3.63) is 59.9 Å². The van der Waals surface area contributed by atoms with Gasteiger partial charge in [0.15, 0.2) is 0 Å². The number of benzene rings is 2. The van der Waals surface area contributed by atoms with Crippen molar-refractivity contribution in [2.45, 2.75) is 25.5 Å². The fourth-order valence-electron chi connectivity index (χ4n) is 3.13. The first-order valence-corrected chi connectivity index (χ1v) is 9.21. The van der Waals surface area contributed by atoms with Crippen molar-refractivity contribution in [3.63, 3.8) is 0 Å². The number of hydrogen-bond donors (Lipinski definition) is 1. The molecule has 0 spiro atoms. The summed E-state index contributed by atoms with van der Waals surface area (Å²) in [7, 11) is 3.97. The predicted octanol–water partition coefficient (Wildman–Crippen LogP) is 4.10. The first kappa shape index (κ1) is 19.2. The molecule has 2 amide bonds. The van der Waals surface area contributed by atoms with E-state index < -0.39 is 5.82 Å². The summed E-state index contributed by atoms with van der Waals surface area (Å²) >= 11 is 0. The first-order chi connectivity index (χ1) is 13.0. The van der Waals surface area contributed by atoms with Gasteiger partial charge in [-0.1, -0.05) is 24.3 Å². The van der Waals surface area contributed by atoms with Crippen LogP contribution in [0.25, 0.3) is 0 Å². The zero-order chi connectivity index (χ0) is 19.2. The van der Waals surface area contributed by atoms with Gasteiger partial charge in [-0.15, -0.1) is 0 Å². The summed E-state index contributed by atoms with van der Waals surface area (Å²) in [6, 6.07) is 13.9. The fourth-order valence-corrected chi connectivity index (χ4v) is 3.13. The summed E-state index contributed by atoms with van der Waals surface area (Å²) in [6.45, 7) is 1.65. The van der Waals surface area contributed by atoms with E-state index in [9.17, 15) is 9.18 Å². The molecule has 0 bridgehead atoms. The summed E-state index contributed by atoms with van der Waals surface area (Å²) in [6.07, 6.45) is 1.96. The van der Waals surface area contributed by atoms with Crippen molar-refractivity contribution in [1.29, 1.82) is 0 Å². The van der Waals surface area contributed by atoms with Crippen LogP contribution in [0.4, 0.5) is 20.6 Å². The molecular formula is C21H26FN3O2. The van der Waals surface area contributed by atoms with Gasteiger partial charge in [-0.2, -0.15) is 0 Å². The zero-order valence-electron chi connectivity index (χ0n) is 15.8. The summed E-state index contributed by atoms with van der Waals surface area (Å²) < 4.78 is 19.6. The lowest BCUT2D eigenvalue weighted by atomic mass is 10.1. The van der Waals surface area contributed by atoms with Crippen molar-refractivity contribution in [2.75, 3.05) is 37.5 Å². The highest BCUT2D eigenvalue weighted by Crippen LogP contribution is 2.19. The molecule has 0 radical (unpaired) electrons. The summed E-state index contributed by atoms with van der Waals surface area (Å²) in [5.41, 5.74) is 2.30. The van der Waals surface area contributed by atoms with Crippen LogP contribution in [0, 0.1) is 5.82 Å². The number of ether oxygens (including phenoxy) is 1. The SMILES string of the molecule is CN(C)c1ccc(CN(CC2CCCO2)C(=O)Nc2ccccc2F)cc1. The standard InChI is InChI=1S/C21H26FN3O2/c1-24(2)17-11-9-16(10-12-17)14-25(15-18-6-5-13-27-18)21(26)23-20-8-4-3-7-19(20)22/h3-4,7-12,18H,5-6,13-15H2,1-2H3,(H,23,26). The van der Waals surface area contributed by atoms with Crippen LogP contribution in [0.1, 0.15) is 18.4 Å². The van der Waals surface area contributed by atoms with E-state index in [1.54, 1.807) is 23.1 Å². The van der Waals surface area contributed by atoms with Crippen molar-refractivity contribution in [1.82, 2.24) is 4.90 Å². The van der Waals surface area contributed by atoms with Gasteiger partial charge in [0.1, 0.15) is 5.82 Å². The van der Waals surface area contributed by atoms with Gasteiger partial charge in [0, 0.05) is 39.5 Å². The Morgan fingerprint density at radius 2 is 1.93 bits per heavy atom. The molecule has 2 aromatic rings. The minimum absolute atomic E-state index is 0.0254. The Balaban J connectivity index is 1.73. The number of urea groups is 1. The second-order valence-corrected chi connectivity index (χ2v) is 6.99. The summed E-state index contributed by atoms with van der Waals surface area (Å²) in [4.78, 5) is 16.5. The van der Waals surface area contributed by atoms with Gasteiger partial charge >= 0.3 is 6.03 Å². The van der Waals surface area contributed by atoms with Crippen LogP contribution in [0.5, 0.6) is 0 Å². The van der Waals surface area contributed by atoms with Crippen molar-refractivity contribution in [2.24, 2.45) is 0 Å². The smallest absolute Gasteiger partial charge is 0.322 e. The molecule has 1 N–H and O–H groups in total. The van der Waals surface area contributed by atoms with Gasteiger partial charge in [0.2, 0.25) is 0 Å². The van der Waals surface area contributed by atoms with Crippen molar-refractivity contribution in [3.8, 4) is 0 Å². The van der Waals surface area contributed by atoms with Crippen LogP contribution in [0.3, 0.4) is 0 Å². The number of rotatable bonds is 6. The maximum atomic E-state index is 13.9. The number of anilines is 2. The number of carbonyl (C=O) groups excluding carboxylic acids is 1. The number of hydrogen-bond acceptors (Lipinski definition) is 3. The van der Waals surface area contributed by atoms with E-state index in [4.69, 9.17) is 4.74 Å². The Kier molecular flexibility index (Phi) is 6.29. The highest BCUT2D eigenvalue weighted by atomic mass is 19.1. The second kappa shape index (κ2) is 8.86. The molecule has 1 heterocycles. The third-order valence-corrected chi connectivity index (χ3v) is 4.68. The fraction of sp³-hybridized carbons (Fsp3) is 0.381. The molecule has 0 aliphatic carbocycles. The van der Waals surface area contributed by atoms with E-state index in [1.165, 1.54) is 6.07 Å². The minimum atomic E-state index is -0.446. The highest BCUT2D eigenvalue weighted by molar-refractivity contribution is 5.89. The normalized spacial score (nSPS) is 16.2. The largest absolute Gasteiger partial charge is 0.378 e. The highest BCUT2D eigenvalue weighted by Gasteiger charge is 2.23. The number of amides is 2. The maximum absolute atomic E-state index is 13.9. The molecule has 3 rings (SSSR count). The monoisotopic (exact) mass is 371 g/mol. The van der Waals surface area contributed by atoms with Crippen molar-refractivity contribution >= 4 is 17.4 Å². The van der Waals surface area contributed by atoms with Crippen LogP contribution < -0.4 is 10.2 Å². The average molecular weight is 371 g/mol. The van der Waals surface area contributed by atoms with Gasteiger partial charge in [0.25, 0.3) is 0 Å². The number of nitrogens with zero attached hydrogens (tertiary/aromatic N) is 2. The molecular weight excluding hydrogens is 345 g/mol. The Labute approximate surface area is 159 Å². The van der Waals surface area contributed by atoms with Gasteiger partial charge in [-0.05, 0) is 42.7 Å². The van der Waals surface area contributed by atoms with Crippen LogP contribution in [-0.2, 0) is 11.3 Å². The molecule has 0 saturated carbocycles. The van der Waals surface area contributed by atoms with Crippen LogP contribution in [0.2, 0.25) is 0 Å². The van der Waals surface area contributed by atoms with Crippen molar-refractivity contribution < 1.29 is 13.9 Å². The Hall–Kier alpha value is -2.60. The molecule has 0 aromatic heterocycles. The molecule has 1 atom stereocenters. The molecule has 6 heteroatoms. The van der Waals surface area contributed by atoms with Gasteiger partial charge in [-0.3, -0.25) is 0 Å². The van der Waals surface area contributed by atoms with E-state index >= 15 is 0 Å². The third-order valence-electron chi connectivity index (χ3n) is 4.68. The first-order valence-electron chi connectivity index (χ1n) is 9.21. The molecule has 1 aliphatic rings. The molecule has 5 nitrogen and oxygen atoms in total. The molecule has 1 unspecified atom stereocenters. The predicted molar refractivity (Wildman–Crippen MR) is 106 cm³/mol. The van der Waals surface area contributed by atoms with Crippen LogP contribution in [0.15, 0.2) is 48.5 Å². The molecule has 144 valence electrons. The Morgan fingerprint density at radius 3 is 2.56 bits per heavy atom. The number of halogens is 1. The van der Waals surface area contributed by atoms with Gasteiger partial charge < -0.3 is 19.9 Å². The van der Waals surface area contributed by atoms with Gasteiger partial charge in [0.05, 0.1) is 11.8 Å². The average Bonchev–Trinajstić information content (AvgIpc) is 3.16. The molecule has 2 aromatic carbocycles. The van der Waals surface area contributed by atoms with E-state index in [0.29, 0.717) is 13.1 Å². The van der Waals surface area contributed by atoms with Gasteiger partial charge in [-0.25, -0.2) is 9.18 Å². The number of nitrogens with one attached hydrogen (secondary N) is 1. The third kappa shape index (κ3) is 5.20. The summed E-state index contributed by atoms with van der Waals surface area (Å²) in [5, 5.41) is 2.68. The summed E-state index contributed by atoms with van der Waals surface area (Å²) in [5.74, 6) is -0.446. The molecule has 1 fully saturated rings. The lowest BCUT2D eigenvalue weighted by Gasteiger charge is -2.26. The van der Waals surface area contributed by atoms with Crippen LogP contribution >= 0.6 is 0 Å². The molecule has 27 heavy (non-hydrogen) atoms. The topological polar surface area (TPSA) is 44.8 Å². The quantitative estimate of drug-likeness (QED) is 0.831. The Bertz CT molecular complexity index is 758. The lowest BCUT2D eigenvalue weighted by molar-refractivity contribution is 0.0819. The van der Waals surface area contributed by atoms with E-state index in [0.717, 1.165) is 30.7 Å². The number of para-hydroxylation sites is 1. The minimum Gasteiger partial charge on any atom is -0.378 e. The zero-order valence-corrected chi connectivity index (χ0v) is 15.8. The van der Waals surface area contributed by atoms with E-state index in [1.807, 2.05) is 43.3 Å². The van der Waals surface area contributed by atoms with Crippen LogP contribution in [-0.4, -0.2) is 44.3 Å². The maximum Gasteiger partial charge on any atom is 0.322 e.